The number of thiocarbonyl (C=S) groups is 1. The molecule has 0 atom stereocenters. The van der Waals surface area contributed by atoms with Crippen LogP contribution in [-0.2, 0) is 27.2 Å². The molecule has 5 rings (SSSR count). The molecule has 1 fully saturated rings. The summed E-state index contributed by atoms with van der Waals surface area (Å²) in [7, 11) is 0. The van der Waals surface area contributed by atoms with E-state index in [-0.39, 0.29) is 16.7 Å². The van der Waals surface area contributed by atoms with E-state index >= 15 is 0 Å². The van der Waals surface area contributed by atoms with Crippen molar-refractivity contribution in [1.29, 1.82) is 0 Å². The van der Waals surface area contributed by atoms with E-state index in [4.69, 9.17) is 28.6 Å². The van der Waals surface area contributed by atoms with Crippen molar-refractivity contribution in [1.82, 2.24) is 9.88 Å². The quantitative estimate of drug-likeness (QED) is 0.173. The van der Waals surface area contributed by atoms with Crippen molar-refractivity contribution in [2.24, 2.45) is 0 Å². The number of hydrogen-bond donors (Lipinski definition) is 1. The number of esters is 1. The molecule has 0 spiro atoms. The molecule has 1 saturated heterocycles. The number of carbonyl (C=O) groups excluding carboxylic acids is 3. The number of anilines is 1. The molecule has 2 aromatic heterocycles. The van der Waals surface area contributed by atoms with Crippen LogP contribution in [0.1, 0.15) is 63.1 Å². The second-order valence-corrected chi connectivity index (χ2v) is 11.5. The zero-order valence-corrected chi connectivity index (χ0v) is 24.5. The van der Waals surface area contributed by atoms with Crippen LogP contribution in [0.25, 0.3) is 11.1 Å². The number of fused-ring (bicyclic) bond motifs is 1. The molecule has 0 unspecified atom stereocenters. The van der Waals surface area contributed by atoms with E-state index in [0.717, 1.165) is 47.6 Å². The molecule has 1 aromatic carbocycles. The number of thiophene rings is 1. The summed E-state index contributed by atoms with van der Waals surface area (Å²) in [6, 6.07) is 7.12. The zero-order valence-electron chi connectivity index (χ0n) is 22.1. The molecule has 3 aromatic rings. The number of amides is 2. The van der Waals surface area contributed by atoms with Crippen LogP contribution in [0.4, 0.5) is 5.69 Å². The maximum Gasteiger partial charge on any atom is 0.341 e. The smallest absolute Gasteiger partial charge is 0.341 e. The van der Waals surface area contributed by atoms with E-state index in [1.165, 1.54) is 9.78 Å². The number of ether oxygens (including phenoxy) is 1. The number of nitrogens with one attached hydrogen (secondary N) is 1. The van der Waals surface area contributed by atoms with Crippen LogP contribution in [0.15, 0.2) is 29.8 Å². The highest BCUT2D eigenvalue weighted by Crippen LogP contribution is 2.39. The molecule has 1 aliphatic carbocycles. The van der Waals surface area contributed by atoms with Crippen LogP contribution in [0, 0.1) is 20.8 Å². The van der Waals surface area contributed by atoms with Gasteiger partial charge in [0.2, 0.25) is 0 Å². The maximum atomic E-state index is 13.6. The van der Waals surface area contributed by atoms with E-state index in [2.05, 4.69) is 5.32 Å². The van der Waals surface area contributed by atoms with Gasteiger partial charge in [-0.25, -0.2) is 4.79 Å². The number of carbonyl (C=O) groups is 3. The van der Waals surface area contributed by atoms with Crippen molar-refractivity contribution in [2.45, 2.75) is 53.4 Å². The SMILES string of the molecule is CCOC(=O)c1c(-n2c(C)cc(/C=C3\C(=O)NC(=S)N(c4cccc(Cl)c4C)C3=O)c2C)sc2c1CCCC2. The van der Waals surface area contributed by atoms with Crippen LogP contribution in [0.5, 0.6) is 0 Å². The molecule has 202 valence electrons. The lowest BCUT2D eigenvalue weighted by Crippen LogP contribution is -2.54. The summed E-state index contributed by atoms with van der Waals surface area (Å²) in [5.74, 6) is -1.41. The molecule has 39 heavy (non-hydrogen) atoms. The topological polar surface area (TPSA) is 80.6 Å². The summed E-state index contributed by atoms with van der Waals surface area (Å²) in [6.07, 6.45) is 5.51. The fourth-order valence-corrected chi connectivity index (χ4v) is 7.17. The van der Waals surface area contributed by atoms with Gasteiger partial charge in [0.15, 0.2) is 5.11 Å². The van der Waals surface area contributed by atoms with E-state index in [1.807, 2.05) is 24.5 Å². The lowest BCUT2D eigenvalue weighted by atomic mass is 9.95. The molecular weight excluding hydrogens is 554 g/mol. The third-order valence-electron chi connectivity index (χ3n) is 7.19. The number of nitrogens with zero attached hydrogens (tertiary/aromatic N) is 2. The lowest BCUT2D eigenvalue weighted by Gasteiger charge is -2.30. The number of halogens is 1. The summed E-state index contributed by atoms with van der Waals surface area (Å²) in [4.78, 5) is 42.2. The first kappa shape index (κ1) is 27.3. The standard InChI is InChI=1S/C29H28ClN3O4S2/c1-5-37-28(36)24-19-9-6-7-12-23(19)39-27(24)32-15(2)13-18(17(32)4)14-20-25(34)31-29(38)33(26(20)35)22-11-8-10-21(30)16(22)3/h8,10-11,13-14H,5-7,9,12H2,1-4H3,(H,31,34,38)/b20-14+. The van der Waals surface area contributed by atoms with Crippen LogP contribution in [0.3, 0.4) is 0 Å². The average molecular weight is 582 g/mol. The summed E-state index contributed by atoms with van der Waals surface area (Å²) < 4.78 is 7.47. The van der Waals surface area contributed by atoms with Crippen LogP contribution in [-0.4, -0.2) is 34.1 Å². The normalized spacial score (nSPS) is 16.5. The van der Waals surface area contributed by atoms with Crippen molar-refractivity contribution >= 4 is 69.8 Å². The highest BCUT2D eigenvalue weighted by molar-refractivity contribution is 7.80. The van der Waals surface area contributed by atoms with Gasteiger partial charge in [0.05, 0.1) is 17.9 Å². The summed E-state index contributed by atoms with van der Waals surface area (Å²) in [5, 5.41) is 3.95. The minimum Gasteiger partial charge on any atom is -0.462 e. The Balaban J connectivity index is 1.60. The van der Waals surface area contributed by atoms with Crippen molar-refractivity contribution in [3.8, 4) is 5.00 Å². The minimum absolute atomic E-state index is 0.00114. The third kappa shape index (κ3) is 4.73. The molecule has 2 amide bonds. The molecule has 0 bridgehead atoms. The van der Waals surface area contributed by atoms with Gasteiger partial charge in [-0.1, -0.05) is 17.7 Å². The maximum absolute atomic E-state index is 13.6. The fourth-order valence-electron chi connectivity index (χ4n) is 5.24. The number of aromatic nitrogens is 1. The highest BCUT2D eigenvalue weighted by Gasteiger charge is 2.36. The Morgan fingerprint density at radius 3 is 2.69 bits per heavy atom. The molecule has 10 heteroatoms. The van der Waals surface area contributed by atoms with E-state index in [9.17, 15) is 14.4 Å². The monoisotopic (exact) mass is 581 g/mol. The second kappa shape index (κ2) is 10.7. The Hall–Kier alpha value is -3.27. The number of rotatable bonds is 5. The number of aryl methyl sites for hydroxylation is 2. The van der Waals surface area contributed by atoms with Crippen LogP contribution >= 0.6 is 35.2 Å². The predicted octanol–water partition coefficient (Wildman–Crippen LogP) is 6.00. The van der Waals surface area contributed by atoms with Crippen molar-refractivity contribution in [3.63, 3.8) is 0 Å². The van der Waals surface area contributed by atoms with Gasteiger partial charge in [-0.2, -0.15) is 0 Å². The van der Waals surface area contributed by atoms with Gasteiger partial charge in [-0.3, -0.25) is 19.8 Å². The Morgan fingerprint density at radius 2 is 1.95 bits per heavy atom. The first-order chi connectivity index (χ1) is 18.6. The third-order valence-corrected chi connectivity index (χ3v) is 9.16. The highest BCUT2D eigenvalue weighted by atomic mass is 35.5. The van der Waals surface area contributed by atoms with Gasteiger partial charge >= 0.3 is 5.97 Å². The van der Waals surface area contributed by atoms with Gasteiger partial charge in [-0.15, -0.1) is 11.3 Å². The van der Waals surface area contributed by atoms with Gasteiger partial charge in [-0.05, 0) is 107 Å². The zero-order chi connectivity index (χ0) is 28.0. The molecule has 0 radical (unpaired) electrons. The lowest BCUT2D eigenvalue weighted by molar-refractivity contribution is -0.122. The van der Waals surface area contributed by atoms with Crippen molar-refractivity contribution in [2.75, 3.05) is 11.5 Å². The molecule has 0 saturated carbocycles. The molecule has 1 aliphatic heterocycles. The molecule has 1 N–H and O–H groups in total. The van der Waals surface area contributed by atoms with Crippen LogP contribution in [0.2, 0.25) is 5.02 Å². The predicted molar refractivity (Wildman–Crippen MR) is 158 cm³/mol. The number of benzene rings is 1. The minimum atomic E-state index is -0.565. The average Bonchev–Trinajstić information content (AvgIpc) is 3.40. The fraction of sp³-hybridized carbons (Fsp3) is 0.310. The first-order valence-corrected chi connectivity index (χ1v) is 14.4. The molecule has 3 heterocycles. The summed E-state index contributed by atoms with van der Waals surface area (Å²) >= 11 is 13.3. The summed E-state index contributed by atoms with van der Waals surface area (Å²) in [5.41, 5.74) is 5.23. The van der Waals surface area contributed by atoms with Gasteiger partial charge < -0.3 is 9.30 Å². The van der Waals surface area contributed by atoms with Gasteiger partial charge in [0.1, 0.15) is 10.6 Å². The Labute approximate surface area is 241 Å². The molecule has 2 aliphatic rings. The van der Waals surface area contributed by atoms with Crippen molar-refractivity contribution in [3.05, 3.63) is 73.4 Å². The Morgan fingerprint density at radius 1 is 1.21 bits per heavy atom. The Bertz CT molecular complexity index is 1580. The van der Waals surface area contributed by atoms with E-state index in [0.29, 0.717) is 34.0 Å². The molecular formula is C29H28ClN3O4S2. The first-order valence-electron chi connectivity index (χ1n) is 12.8. The van der Waals surface area contributed by atoms with Crippen LogP contribution < -0.4 is 10.2 Å². The van der Waals surface area contributed by atoms with Crippen molar-refractivity contribution < 1.29 is 19.1 Å². The molecule has 7 nitrogen and oxygen atoms in total. The summed E-state index contributed by atoms with van der Waals surface area (Å²) in [6.45, 7) is 7.76. The van der Waals surface area contributed by atoms with Gasteiger partial charge in [0.25, 0.3) is 11.8 Å². The Kier molecular flexibility index (Phi) is 7.50. The largest absolute Gasteiger partial charge is 0.462 e. The second-order valence-electron chi connectivity index (χ2n) is 9.62. The van der Waals surface area contributed by atoms with E-state index in [1.54, 1.807) is 49.5 Å². The number of hydrogen-bond acceptors (Lipinski definition) is 6. The van der Waals surface area contributed by atoms with E-state index < -0.39 is 11.8 Å². The van der Waals surface area contributed by atoms with Gasteiger partial charge in [0, 0.05) is 21.3 Å².